The molecule has 3 heteroatoms. The van der Waals surface area contributed by atoms with E-state index in [1.54, 1.807) is 6.07 Å². The smallest absolute Gasteiger partial charge is 0.126 e. The summed E-state index contributed by atoms with van der Waals surface area (Å²) in [5.41, 5.74) is 1.87. The molecule has 2 rings (SSSR count). The average molecular weight is 216 g/mol. The van der Waals surface area contributed by atoms with Crippen LogP contribution < -0.4 is 5.32 Å². The molecule has 0 spiro atoms. The summed E-state index contributed by atoms with van der Waals surface area (Å²) in [4.78, 5) is 4.31. The second-order valence-corrected chi connectivity index (χ2v) is 3.65. The van der Waals surface area contributed by atoms with Crippen molar-refractivity contribution in [2.75, 3.05) is 5.32 Å². The third kappa shape index (κ3) is 2.79. The molecule has 0 amide bonds. The fourth-order valence-corrected chi connectivity index (χ4v) is 1.48. The number of rotatable bonds is 3. The van der Waals surface area contributed by atoms with Gasteiger partial charge < -0.3 is 5.32 Å². The molecule has 0 saturated carbocycles. The zero-order valence-electron chi connectivity index (χ0n) is 9.07. The summed E-state index contributed by atoms with van der Waals surface area (Å²) in [7, 11) is 0. The SMILES string of the molecule is Cc1cccc(NCc2cccc(F)c2)n1. The number of aromatic nitrogens is 1. The van der Waals surface area contributed by atoms with E-state index in [1.807, 2.05) is 31.2 Å². The van der Waals surface area contributed by atoms with Crippen LogP contribution >= 0.6 is 0 Å². The van der Waals surface area contributed by atoms with Gasteiger partial charge in [0.1, 0.15) is 11.6 Å². The Balaban J connectivity index is 2.02. The minimum Gasteiger partial charge on any atom is -0.366 e. The van der Waals surface area contributed by atoms with E-state index in [4.69, 9.17) is 0 Å². The summed E-state index contributed by atoms with van der Waals surface area (Å²) in [5, 5.41) is 3.15. The van der Waals surface area contributed by atoms with Crippen LogP contribution in [0.3, 0.4) is 0 Å². The molecule has 0 aliphatic rings. The Hall–Kier alpha value is -1.90. The van der Waals surface area contributed by atoms with E-state index in [1.165, 1.54) is 12.1 Å². The topological polar surface area (TPSA) is 24.9 Å². The number of benzene rings is 1. The summed E-state index contributed by atoms with van der Waals surface area (Å²) in [5.74, 6) is 0.598. The van der Waals surface area contributed by atoms with Crippen molar-refractivity contribution in [2.24, 2.45) is 0 Å². The molecule has 0 atom stereocenters. The lowest BCUT2D eigenvalue weighted by atomic mass is 10.2. The van der Waals surface area contributed by atoms with Crippen molar-refractivity contribution >= 4 is 5.82 Å². The highest BCUT2D eigenvalue weighted by Crippen LogP contribution is 2.08. The molecule has 0 fully saturated rings. The maximum atomic E-state index is 12.9. The molecule has 0 saturated heterocycles. The van der Waals surface area contributed by atoms with Gasteiger partial charge in [-0.1, -0.05) is 18.2 Å². The van der Waals surface area contributed by atoms with E-state index in [0.29, 0.717) is 6.54 Å². The minimum absolute atomic E-state index is 0.212. The van der Waals surface area contributed by atoms with Gasteiger partial charge in [-0.25, -0.2) is 9.37 Å². The van der Waals surface area contributed by atoms with Gasteiger partial charge in [-0.05, 0) is 36.8 Å². The zero-order chi connectivity index (χ0) is 11.4. The average Bonchev–Trinajstić information content (AvgIpc) is 2.27. The Kier molecular flexibility index (Phi) is 3.15. The Morgan fingerprint density at radius 3 is 2.75 bits per heavy atom. The van der Waals surface area contributed by atoms with Gasteiger partial charge in [-0.15, -0.1) is 0 Å². The lowest BCUT2D eigenvalue weighted by Gasteiger charge is -2.06. The van der Waals surface area contributed by atoms with Gasteiger partial charge in [0.2, 0.25) is 0 Å². The van der Waals surface area contributed by atoms with Crippen LogP contribution in [0.25, 0.3) is 0 Å². The van der Waals surface area contributed by atoms with Gasteiger partial charge in [0, 0.05) is 12.2 Å². The number of aryl methyl sites for hydroxylation is 1. The molecule has 16 heavy (non-hydrogen) atoms. The molecule has 2 nitrogen and oxygen atoms in total. The standard InChI is InChI=1S/C13H13FN2/c1-10-4-2-7-13(16-10)15-9-11-5-3-6-12(14)8-11/h2-8H,9H2,1H3,(H,15,16). The predicted octanol–water partition coefficient (Wildman–Crippen LogP) is 3.14. The van der Waals surface area contributed by atoms with Gasteiger partial charge in [0.25, 0.3) is 0 Å². The van der Waals surface area contributed by atoms with Crippen molar-refractivity contribution in [1.29, 1.82) is 0 Å². The zero-order valence-corrected chi connectivity index (χ0v) is 9.07. The molecular formula is C13H13FN2. The van der Waals surface area contributed by atoms with Gasteiger partial charge in [-0.3, -0.25) is 0 Å². The Labute approximate surface area is 94.2 Å². The fraction of sp³-hybridized carbons (Fsp3) is 0.154. The fourth-order valence-electron chi connectivity index (χ4n) is 1.48. The molecule has 1 N–H and O–H groups in total. The summed E-state index contributed by atoms with van der Waals surface area (Å²) >= 11 is 0. The maximum absolute atomic E-state index is 12.9. The first-order valence-corrected chi connectivity index (χ1v) is 5.16. The number of hydrogen-bond donors (Lipinski definition) is 1. The van der Waals surface area contributed by atoms with Crippen molar-refractivity contribution in [3.05, 3.63) is 59.5 Å². The van der Waals surface area contributed by atoms with Crippen molar-refractivity contribution < 1.29 is 4.39 Å². The van der Waals surface area contributed by atoms with E-state index >= 15 is 0 Å². The highest BCUT2D eigenvalue weighted by molar-refractivity contribution is 5.36. The van der Waals surface area contributed by atoms with Gasteiger partial charge in [0.15, 0.2) is 0 Å². The molecule has 0 aliphatic carbocycles. The number of nitrogens with one attached hydrogen (secondary N) is 1. The monoisotopic (exact) mass is 216 g/mol. The van der Waals surface area contributed by atoms with E-state index in [-0.39, 0.29) is 5.82 Å². The molecule has 1 aromatic carbocycles. The van der Waals surface area contributed by atoms with Crippen molar-refractivity contribution in [1.82, 2.24) is 4.98 Å². The number of pyridine rings is 1. The number of anilines is 1. The minimum atomic E-state index is -0.212. The third-order valence-electron chi connectivity index (χ3n) is 2.25. The molecule has 0 bridgehead atoms. The highest BCUT2D eigenvalue weighted by atomic mass is 19.1. The summed E-state index contributed by atoms with van der Waals surface area (Å²) in [6.07, 6.45) is 0. The molecule has 0 radical (unpaired) electrons. The molecule has 2 aromatic rings. The largest absolute Gasteiger partial charge is 0.366 e. The van der Waals surface area contributed by atoms with Gasteiger partial charge in [-0.2, -0.15) is 0 Å². The maximum Gasteiger partial charge on any atom is 0.126 e. The summed E-state index contributed by atoms with van der Waals surface area (Å²) < 4.78 is 12.9. The first-order valence-electron chi connectivity index (χ1n) is 5.16. The molecule has 82 valence electrons. The van der Waals surface area contributed by atoms with E-state index < -0.39 is 0 Å². The third-order valence-corrected chi connectivity index (χ3v) is 2.25. The van der Waals surface area contributed by atoms with Gasteiger partial charge >= 0.3 is 0 Å². The van der Waals surface area contributed by atoms with Crippen LogP contribution in [0.4, 0.5) is 10.2 Å². The Bertz CT molecular complexity index is 437. The normalized spacial score (nSPS) is 10.1. The molecule has 1 heterocycles. The number of halogens is 1. The van der Waals surface area contributed by atoms with Crippen LogP contribution in [0, 0.1) is 12.7 Å². The van der Waals surface area contributed by atoms with Crippen LogP contribution in [0.5, 0.6) is 0 Å². The predicted molar refractivity (Wildman–Crippen MR) is 62.7 cm³/mol. The lowest BCUT2D eigenvalue weighted by Crippen LogP contribution is -2.01. The van der Waals surface area contributed by atoms with Crippen LogP contribution in [0.15, 0.2) is 42.5 Å². The van der Waals surface area contributed by atoms with E-state index in [9.17, 15) is 4.39 Å². The second-order valence-electron chi connectivity index (χ2n) is 3.65. The second kappa shape index (κ2) is 4.75. The van der Waals surface area contributed by atoms with Crippen LogP contribution in [-0.4, -0.2) is 4.98 Å². The summed E-state index contributed by atoms with van der Waals surface area (Å²) in [6, 6.07) is 12.3. The Morgan fingerprint density at radius 2 is 2.00 bits per heavy atom. The number of nitrogens with zero attached hydrogens (tertiary/aromatic N) is 1. The highest BCUT2D eigenvalue weighted by Gasteiger charge is 1.96. The van der Waals surface area contributed by atoms with Gasteiger partial charge in [0.05, 0.1) is 0 Å². The Morgan fingerprint density at radius 1 is 1.19 bits per heavy atom. The van der Waals surface area contributed by atoms with Crippen molar-refractivity contribution in [3.63, 3.8) is 0 Å². The first kappa shape index (κ1) is 10.6. The molecule has 1 aromatic heterocycles. The van der Waals surface area contributed by atoms with Crippen LogP contribution in [-0.2, 0) is 6.54 Å². The molecule has 0 aliphatic heterocycles. The lowest BCUT2D eigenvalue weighted by molar-refractivity contribution is 0.626. The van der Waals surface area contributed by atoms with Crippen molar-refractivity contribution in [3.8, 4) is 0 Å². The molecule has 0 unspecified atom stereocenters. The van der Waals surface area contributed by atoms with E-state index in [0.717, 1.165) is 17.1 Å². The summed E-state index contributed by atoms with van der Waals surface area (Å²) in [6.45, 7) is 2.52. The van der Waals surface area contributed by atoms with Crippen molar-refractivity contribution in [2.45, 2.75) is 13.5 Å². The van der Waals surface area contributed by atoms with Crippen LogP contribution in [0.1, 0.15) is 11.3 Å². The first-order chi connectivity index (χ1) is 7.74. The quantitative estimate of drug-likeness (QED) is 0.852. The van der Waals surface area contributed by atoms with E-state index in [2.05, 4.69) is 10.3 Å². The molecular weight excluding hydrogens is 203 g/mol. The van der Waals surface area contributed by atoms with Crippen LogP contribution in [0.2, 0.25) is 0 Å². The number of hydrogen-bond acceptors (Lipinski definition) is 2.